The van der Waals surface area contributed by atoms with E-state index in [2.05, 4.69) is 52.4 Å². The maximum absolute atomic E-state index is 12.8. The molecule has 4 heteroatoms. The summed E-state index contributed by atoms with van der Waals surface area (Å²) in [6, 6.07) is 16.4. The topological polar surface area (TPSA) is 32.3 Å². The predicted molar refractivity (Wildman–Crippen MR) is 101 cm³/mol. The molecule has 2 atom stereocenters. The number of hydrogen-bond donors (Lipinski definition) is 1. The zero-order chi connectivity index (χ0) is 17.1. The average molecular weight is 387 g/mol. The maximum Gasteiger partial charge on any atom is 0.239 e. The molecule has 126 valence electrons. The van der Waals surface area contributed by atoms with Gasteiger partial charge in [-0.25, -0.2) is 0 Å². The molecular weight excluding hydrogens is 364 g/mol. The fourth-order valence-corrected chi connectivity index (χ4v) is 3.95. The zero-order valence-electron chi connectivity index (χ0n) is 14.1. The minimum atomic E-state index is -0.211. The Morgan fingerprint density at radius 2 is 1.75 bits per heavy atom. The monoisotopic (exact) mass is 386 g/mol. The van der Waals surface area contributed by atoms with Crippen molar-refractivity contribution in [1.29, 1.82) is 0 Å². The number of carbonyl (C=O) groups excluding carboxylic acids is 1. The first-order valence-corrected chi connectivity index (χ1v) is 9.21. The molecule has 0 bridgehead atoms. The number of halogens is 1. The molecule has 1 aliphatic heterocycles. The van der Waals surface area contributed by atoms with Gasteiger partial charge in [-0.15, -0.1) is 0 Å². The van der Waals surface area contributed by atoms with Gasteiger partial charge in [-0.3, -0.25) is 10.1 Å². The molecule has 2 aromatic carbocycles. The second-order valence-corrected chi connectivity index (χ2v) is 7.26. The SMILES string of the molecule is CC(NC(C)c1ccccc1Br)C(=O)N1CCc2ccccc2C1. The summed E-state index contributed by atoms with van der Waals surface area (Å²) in [6.07, 6.45) is 0.939. The summed E-state index contributed by atoms with van der Waals surface area (Å²) in [5, 5.41) is 3.44. The van der Waals surface area contributed by atoms with Gasteiger partial charge in [-0.1, -0.05) is 58.4 Å². The van der Waals surface area contributed by atoms with Crippen molar-refractivity contribution in [1.82, 2.24) is 10.2 Å². The first-order valence-electron chi connectivity index (χ1n) is 8.42. The molecule has 1 aliphatic rings. The van der Waals surface area contributed by atoms with Gasteiger partial charge < -0.3 is 4.90 Å². The highest BCUT2D eigenvalue weighted by Gasteiger charge is 2.25. The predicted octanol–water partition coefficient (Wildman–Crippen LogP) is 4.07. The van der Waals surface area contributed by atoms with E-state index in [0.29, 0.717) is 6.54 Å². The third kappa shape index (κ3) is 3.70. The van der Waals surface area contributed by atoms with Crippen LogP contribution >= 0.6 is 15.9 Å². The van der Waals surface area contributed by atoms with Crippen molar-refractivity contribution in [3.8, 4) is 0 Å². The number of nitrogens with one attached hydrogen (secondary N) is 1. The highest BCUT2D eigenvalue weighted by Crippen LogP contribution is 2.24. The van der Waals surface area contributed by atoms with E-state index < -0.39 is 0 Å². The Morgan fingerprint density at radius 1 is 1.08 bits per heavy atom. The molecule has 3 nitrogen and oxygen atoms in total. The number of rotatable bonds is 4. The van der Waals surface area contributed by atoms with Crippen molar-refractivity contribution in [2.45, 2.75) is 38.9 Å². The van der Waals surface area contributed by atoms with Crippen LogP contribution < -0.4 is 5.32 Å². The van der Waals surface area contributed by atoms with Crippen LogP contribution in [0.2, 0.25) is 0 Å². The molecule has 0 saturated heterocycles. The third-order valence-corrected chi connectivity index (χ3v) is 5.41. The van der Waals surface area contributed by atoms with Gasteiger partial charge in [0.05, 0.1) is 6.04 Å². The van der Waals surface area contributed by atoms with E-state index in [4.69, 9.17) is 0 Å². The molecule has 0 saturated carbocycles. The Morgan fingerprint density at radius 3 is 2.50 bits per heavy atom. The van der Waals surface area contributed by atoms with E-state index in [1.54, 1.807) is 0 Å². The molecule has 1 amide bonds. The van der Waals surface area contributed by atoms with E-state index in [-0.39, 0.29) is 18.0 Å². The standard InChI is InChI=1S/C20H23BrN2O/c1-14(18-9-5-6-10-19(18)21)22-15(2)20(24)23-12-11-16-7-3-4-8-17(16)13-23/h3-10,14-15,22H,11-13H2,1-2H3. The van der Waals surface area contributed by atoms with E-state index in [1.807, 2.05) is 36.1 Å². The minimum Gasteiger partial charge on any atom is -0.337 e. The van der Waals surface area contributed by atoms with Crippen LogP contribution in [-0.2, 0) is 17.8 Å². The largest absolute Gasteiger partial charge is 0.337 e. The lowest BCUT2D eigenvalue weighted by Gasteiger charge is -2.32. The van der Waals surface area contributed by atoms with E-state index in [0.717, 1.165) is 17.4 Å². The second kappa shape index (κ2) is 7.49. The van der Waals surface area contributed by atoms with E-state index in [9.17, 15) is 4.79 Å². The van der Waals surface area contributed by atoms with Gasteiger partial charge >= 0.3 is 0 Å². The van der Waals surface area contributed by atoms with Crippen molar-refractivity contribution < 1.29 is 4.79 Å². The van der Waals surface area contributed by atoms with Gasteiger partial charge in [0.2, 0.25) is 5.91 Å². The second-order valence-electron chi connectivity index (χ2n) is 6.41. The normalized spacial score (nSPS) is 16.4. The zero-order valence-corrected chi connectivity index (χ0v) is 15.7. The fraction of sp³-hybridized carbons (Fsp3) is 0.350. The summed E-state index contributed by atoms with van der Waals surface area (Å²) < 4.78 is 1.07. The van der Waals surface area contributed by atoms with Gasteiger partial charge in [0.15, 0.2) is 0 Å². The number of hydrogen-bond acceptors (Lipinski definition) is 2. The quantitative estimate of drug-likeness (QED) is 0.858. The van der Waals surface area contributed by atoms with Crippen LogP contribution in [0.25, 0.3) is 0 Å². The third-order valence-electron chi connectivity index (χ3n) is 4.68. The van der Waals surface area contributed by atoms with E-state index >= 15 is 0 Å². The van der Waals surface area contributed by atoms with E-state index in [1.165, 1.54) is 16.7 Å². The van der Waals surface area contributed by atoms with Crippen molar-refractivity contribution >= 4 is 21.8 Å². The lowest BCUT2D eigenvalue weighted by molar-refractivity contribution is -0.134. The van der Waals surface area contributed by atoms with Crippen molar-refractivity contribution in [3.05, 3.63) is 69.7 Å². The van der Waals surface area contributed by atoms with Crippen LogP contribution in [0.5, 0.6) is 0 Å². The highest BCUT2D eigenvalue weighted by molar-refractivity contribution is 9.10. The molecule has 2 aromatic rings. The molecule has 24 heavy (non-hydrogen) atoms. The highest BCUT2D eigenvalue weighted by atomic mass is 79.9. The van der Waals surface area contributed by atoms with Crippen LogP contribution in [0, 0.1) is 0 Å². The molecule has 1 N–H and O–H groups in total. The average Bonchev–Trinajstić information content (AvgIpc) is 2.60. The molecule has 2 unspecified atom stereocenters. The first-order chi connectivity index (χ1) is 11.6. The number of benzene rings is 2. The molecule has 0 fully saturated rings. The van der Waals surface area contributed by atoms with Crippen molar-refractivity contribution in [2.24, 2.45) is 0 Å². The Hall–Kier alpha value is -1.65. The summed E-state index contributed by atoms with van der Waals surface area (Å²) in [7, 11) is 0. The summed E-state index contributed by atoms with van der Waals surface area (Å²) in [6.45, 7) is 5.56. The lowest BCUT2D eigenvalue weighted by atomic mass is 9.99. The molecule has 3 rings (SSSR count). The molecule has 0 aromatic heterocycles. The Balaban J connectivity index is 1.64. The van der Waals surface area contributed by atoms with Gasteiger partial charge in [0.25, 0.3) is 0 Å². The summed E-state index contributed by atoms with van der Waals surface area (Å²) in [5.74, 6) is 0.170. The van der Waals surface area contributed by atoms with Crippen LogP contribution in [0.4, 0.5) is 0 Å². The Bertz CT molecular complexity index is 731. The molecule has 0 radical (unpaired) electrons. The van der Waals surface area contributed by atoms with Crippen LogP contribution in [-0.4, -0.2) is 23.4 Å². The minimum absolute atomic E-state index is 0.108. The van der Waals surface area contributed by atoms with Crippen molar-refractivity contribution in [3.63, 3.8) is 0 Å². The van der Waals surface area contributed by atoms with Gasteiger partial charge in [-0.05, 0) is 43.0 Å². The molecule has 0 spiro atoms. The number of nitrogens with zero attached hydrogens (tertiary/aromatic N) is 1. The molecule has 0 aliphatic carbocycles. The lowest BCUT2D eigenvalue weighted by Crippen LogP contribution is -2.47. The number of carbonyl (C=O) groups is 1. The Labute approximate surface area is 152 Å². The smallest absolute Gasteiger partial charge is 0.239 e. The van der Waals surface area contributed by atoms with Gasteiger partial charge in [0, 0.05) is 23.6 Å². The van der Waals surface area contributed by atoms with Crippen LogP contribution in [0.1, 0.15) is 36.6 Å². The van der Waals surface area contributed by atoms with Crippen molar-refractivity contribution in [2.75, 3.05) is 6.54 Å². The fourth-order valence-electron chi connectivity index (χ4n) is 3.32. The summed E-state index contributed by atoms with van der Waals surface area (Å²) in [4.78, 5) is 14.8. The molecular formula is C20H23BrN2O. The number of fused-ring (bicyclic) bond motifs is 1. The summed E-state index contributed by atoms with van der Waals surface area (Å²) in [5.41, 5.74) is 3.80. The van der Waals surface area contributed by atoms with Crippen LogP contribution in [0.3, 0.4) is 0 Å². The van der Waals surface area contributed by atoms with Gasteiger partial charge in [0.1, 0.15) is 0 Å². The van der Waals surface area contributed by atoms with Crippen LogP contribution in [0.15, 0.2) is 53.0 Å². The molecule has 1 heterocycles. The summed E-state index contributed by atoms with van der Waals surface area (Å²) >= 11 is 3.58. The number of amides is 1. The Kier molecular flexibility index (Phi) is 5.36. The van der Waals surface area contributed by atoms with Gasteiger partial charge in [-0.2, -0.15) is 0 Å². The first kappa shape index (κ1) is 17.2. The maximum atomic E-state index is 12.8.